The second-order valence-corrected chi connectivity index (χ2v) is 9.50. The van der Waals surface area contributed by atoms with E-state index in [9.17, 15) is 0 Å². The maximum atomic E-state index is 4.47. The molecule has 0 spiro atoms. The summed E-state index contributed by atoms with van der Waals surface area (Å²) in [6.45, 7) is 6.89. The molecule has 168 valence electrons. The molecule has 0 bridgehead atoms. The van der Waals surface area contributed by atoms with Gasteiger partial charge in [0.25, 0.3) is 0 Å². The van der Waals surface area contributed by atoms with Crippen molar-refractivity contribution in [1.29, 1.82) is 0 Å². The first-order chi connectivity index (χ1) is 15.3. The Morgan fingerprint density at radius 1 is 1.06 bits per heavy atom. The van der Waals surface area contributed by atoms with Crippen LogP contribution in [0, 0.1) is 0 Å². The maximum absolute atomic E-state index is 4.47. The minimum atomic E-state index is 0.264. The number of rotatable bonds is 7. The van der Waals surface area contributed by atoms with Crippen LogP contribution in [0.25, 0.3) is 0 Å². The molecule has 1 aliphatic heterocycles. The van der Waals surface area contributed by atoms with Crippen LogP contribution in [0.15, 0.2) is 41.0 Å². The van der Waals surface area contributed by atoms with Crippen molar-refractivity contribution in [3.63, 3.8) is 0 Å². The third kappa shape index (κ3) is 5.74. The summed E-state index contributed by atoms with van der Waals surface area (Å²) < 4.78 is 0. The number of thiophene rings is 1. The van der Waals surface area contributed by atoms with E-state index in [1.165, 1.54) is 37.0 Å². The molecule has 7 nitrogen and oxygen atoms in total. The highest BCUT2D eigenvalue weighted by Gasteiger charge is 2.34. The smallest absolute Gasteiger partial charge is 0.225 e. The monoisotopic (exact) mass is 441 g/mol. The van der Waals surface area contributed by atoms with Crippen LogP contribution >= 0.6 is 11.3 Å². The zero-order valence-electron chi connectivity index (χ0n) is 18.6. The molecule has 31 heavy (non-hydrogen) atoms. The van der Waals surface area contributed by atoms with Crippen molar-refractivity contribution in [2.24, 2.45) is 4.99 Å². The number of hydrogen-bond donors (Lipinski definition) is 2. The molecule has 8 heteroatoms. The Morgan fingerprint density at radius 2 is 1.84 bits per heavy atom. The molecular formula is C23H35N7S. The van der Waals surface area contributed by atoms with Crippen molar-refractivity contribution in [2.75, 3.05) is 57.8 Å². The second-order valence-electron chi connectivity index (χ2n) is 8.55. The van der Waals surface area contributed by atoms with Gasteiger partial charge in [0.2, 0.25) is 5.95 Å². The molecular weight excluding hydrogens is 406 g/mol. The first-order valence-electron chi connectivity index (χ1n) is 11.5. The fourth-order valence-electron chi connectivity index (χ4n) is 4.75. The summed E-state index contributed by atoms with van der Waals surface area (Å²) >= 11 is 1.90. The number of hydrogen-bond acceptors (Lipinski definition) is 6. The number of nitrogens with one attached hydrogen (secondary N) is 2. The van der Waals surface area contributed by atoms with E-state index in [1.807, 2.05) is 36.8 Å². The van der Waals surface area contributed by atoms with Gasteiger partial charge in [-0.25, -0.2) is 9.97 Å². The van der Waals surface area contributed by atoms with Crippen molar-refractivity contribution in [2.45, 2.75) is 37.5 Å². The van der Waals surface area contributed by atoms with E-state index in [0.29, 0.717) is 0 Å². The third-order valence-electron chi connectivity index (χ3n) is 6.60. The quantitative estimate of drug-likeness (QED) is 0.509. The Balaban J connectivity index is 1.20. The van der Waals surface area contributed by atoms with E-state index < -0.39 is 0 Å². The van der Waals surface area contributed by atoms with E-state index in [4.69, 9.17) is 0 Å². The molecule has 2 aliphatic rings. The number of anilines is 1. The molecule has 2 aromatic rings. The minimum Gasteiger partial charge on any atom is -0.355 e. The van der Waals surface area contributed by atoms with Crippen molar-refractivity contribution in [3.8, 4) is 0 Å². The molecule has 0 atom stereocenters. The fourth-order valence-corrected chi connectivity index (χ4v) is 5.74. The third-order valence-corrected chi connectivity index (χ3v) is 7.72. The average Bonchev–Trinajstić information content (AvgIpc) is 3.39. The molecule has 2 aromatic heterocycles. The topological polar surface area (TPSA) is 68.7 Å². The second kappa shape index (κ2) is 10.9. The largest absolute Gasteiger partial charge is 0.355 e. The Kier molecular flexibility index (Phi) is 7.75. The summed E-state index contributed by atoms with van der Waals surface area (Å²) in [4.78, 5) is 19.5. The molecule has 0 unspecified atom stereocenters. The first-order valence-corrected chi connectivity index (χ1v) is 12.4. The summed E-state index contributed by atoms with van der Waals surface area (Å²) in [6, 6.07) is 6.37. The van der Waals surface area contributed by atoms with Crippen LogP contribution in [-0.2, 0) is 5.41 Å². The number of guanidine groups is 1. The normalized spacial score (nSPS) is 19.9. The van der Waals surface area contributed by atoms with Crippen molar-refractivity contribution < 1.29 is 0 Å². The van der Waals surface area contributed by atoms with Gasteiger partial charge in [-0.3, -0.25) is 9.89 Å². The van der Waals surface area contributed by atoms with Gasteiger partial charge in [0.1, 0.15) is 0 Å². The van der Waals surface area contributed by atoms with Crippen LogP contribution in [0.4, 0.5) is 5.95 Å². The molecule has 0 amide bonds. The van der Waals surface area contributed by atoms with Gasteiger partial charge in [-0.2, -0.15) is 0 Å². The Hall–Kier alpha value is -2.19. The molecule has 0 aromatic carbocycles. The van der Waals surface area contributed by atoms with Crippen LogP contribution in [0.3, 0.4) is 0 Å². The van der Waals surface area contributed by atoms with Gasteiger partial charge in [0.15, 0.2) is 5.96 Å². The summed E-state index contributed by atoms with van der Waals surface area (Å²) in [5.74, 6) is 1.75. The van der Waals surface area contributed by atoms with Gasteiger partial charge in [0.05, 0.1) is 0 Å². The van der Waals surface area contributed by atoms with Crippen LogP contribution in [0.1, 0.15) is 37.0 Å². The van der Waals surface area contributed by atoms with Crippen LogP contribution in [0.2, 0.25) is 0 Å². The van der Waals surface area contributed by atoms with Crippen molar-refractivity contribution >= 4 is 23.2 Å². The van der Waals surface area contributed by atoms with Gasteiger partial charge in [-0.15, -0.1) is 11.3 Å². The van der Waals surface area contributed by atoms with Crippen molar-refractivity contribution in [1.82, 2.24) is 25.5 Å². The highest BCUT2D eigenvalue weighted by Crippen LogP contribution is 2.41. The summed E-state index contributed by atoms with van der Waals surface area (Å²) in [7, 11) is 1.87. The van der Waals surface area contributed by atoms with E-state index >= 15 is 0 Å². The van der Waals surface area contributed by atoms with E-state index in [-0.39, 0.29) is 5.41 Å². The Morgan fingerprint density at radius 3 is 2.52 bits per heavy atom. The van der Waals surface area contributed by atoms with E-state index in [0.717, 1.165) is 57.7 Å². The molecule has 0 radical (unpaired) electrons. The molecule has 2 fully saturated rings. The lowest BCUT2D eigenvalue weighted by Gasteiger charge is -2.37. The van der Waals surface area contributed by atoms with Gasteiger partial charge in [0, 0.05) is 75.5 Å². The molecule has 2 N–H and O–H groups in total. The average molecular weight is 442 g/mol. The number of aliphatic imine (C=N–C) groups is 1. The molecule has 1 aliphatic carbocycles. The number of aromatic nitrogens is 2. The van der Waals surface area contributed by atoms with Crippen molar-refractivity contribution in [3.05, 3.63) is 40.8 Å². The lowest BCUT2D eigenvalue weighted by molar-refractivity contribution is 0.260. The zero-order valence-corrected chi connectivity index (χ0v) is 19.4. The lowest BCUT2D eigenvalue weighted by atomic mass is 9.73. The van der Waals surface area contributed by atoms with Gasteiger partial charge < -0.3 is 15.5 Å². The summed E-state index contributed by atoms with van der Waals surface area (Å²) in [5, 5.41) is 9.37. The molecule has 1 saturated heterocycles. The van der Waals surface area contributed by atoms with Gasteiger partial charge >= 0.3 is 0 Å². The molecule has 3 heterocycles. The number of piperazine rings is 1. The highest BCUT2D eigenvalue weighted by molar-refractivity contribution is 7.10. The fraction of sp³-hybridized carbons (Fsp3) is 0.609. The molecule has 1 saturated carbocycles. The minimum absolute atomic E-state index is 0.264. The summed E-state index contributed by atoms with van der Waals surface area (Å²) in [6.07, 6.45) is 10.2. The van der Waals surface area contributed by atoms with Crippen LogP contribution in [-0.4, -0.2) is 73.7 Å². The maximum Gasteiger partial charge on any atom is 0.225 e. The van der Waals surface area contributed by atoms with E-state index in [1.54, 1.807) is 0 Å². The Labute approximate surface area is 190 Å². The van der Waals surface area contributed by atoms with E-state index in [2.05, 4.69) is 52.9 Å². The van der Waals surface area contributed by atoms with Gasteiger partial charge in [-0.1, -0.05) is 25.3 Å². The predicted molar refractivity (Wildman–Crippen MR) is 129 cm³/mol. The first kappa shape index (κ1) is 22.0. The van der Waals surface area contributed by atoms with Gasteiger partial charge in [-0.05, 0) is 30.4 Å². The van der Waals surface area contributed by atoms with Crippen LogP contribution in [0.5, 0.6) is 0 Å². The zero-order chi connectivity index (χ0) is 21.4. The summed E-state index contributed by atoms with van der Waals surface area (Å²) in [5.41, 5.74) is 0.264. The highest BCUT2D eigenvalue weighted by atomic mass is 32.1. The SMILES string of the molecule is CN=C(NCCN1CCN(c2ncccn2)CC1)NCC1(c2cccs2)CCCCC1. The Bertz CT molecular complexity index is 795. The molecule has 4 rings (SSSR count). The van der Waals surface area contributed by atoms with Crippen LogP contribution < -0.4 is 15.5 Å². The predicted octanol–water partition coefficient (Wildman–Crippen LogP) is 2.73. The standard InChI is InChI=1S/C23H35N7S/c1-24-21(28-19-23(8-3-2-4-9-23)20-7-5-18-31-20)25-12-13-29-14-16-30(17-15-29)22-26-10-6-11-27-22/h5-7,10-11,18H,2-4,8-9,12-17,19H2,1H3,(H2,24,25,28). The lowest BCUT2D eigenvalue weighted by Crippen LogP contribution is -2.50. The number of nitrogens with zero attached hydrogens (tertiary/aromatic N) is 5.